The Hall–Kier alpha value is -1.95. The molecule has 0 saturated heterocycles. The maximum atomic E-state index is 5.93. The second-order valence-corrected chi connectivity index (χ2v) is 5.06. The molecule has 0 aliphatic carbocycles. The van der Waals surface area contributed by atoms with Crippen LogP contribution in [-0.4, -0.2) is 19.5 Å². The molecule has 5 nitrogen and oxygen atoms in total. The molecule has 0 spiro atoms. The van der Waals surface area contributed by atoms with Gasteiger partial charge in [-0.25, -0.2) is 9.97 Å². The molecule has 0 fully saturated rings. The number of nitrogen functional groups attached to an aromatic ring is 1. The van der Waals surface area contributed by atoms with E-state index in [1.54, 1.807) is 23.7 Å². The van der Waals surface area contributed by atoms with Crippen LogP contribution < -0.4 is 5.73 Å². The van der Waals surface area contributed by atoms with Crippen LogP contribution in [0, 0.1) is 6.92 Å². The zero-order valence-electron chi connectivity index (χ0n) is 10.00. The summed E-state index contributed by atoms with van der Waals surface area (Å²) in [4.78, 5) is 12.8. The van der Waals surface area contributed by atoms with Crippen LogP contribution in [0.3, 0.4) is 0 Å². The molecular formula is C12H13N5S. The molecule has 92 valence electrons. The highest BCUT2D eigenvalue weighted by molar-refractivity contribution is 7.09. The van der Waals surface area contributed by atoms with E-state index in [1.807, 2.05) is 17.6 Å². The standard InChI is InChI=1S/C12H13N5S/c1-8-7-18-11(15-8)3-5-17-10-2-4-14-6-9(10)16-12(17)13/h2,4,6-7H,3,5H2,1H3,(H2,13,16). The average Bonchev–Trinajstić information content (AvgIpc) is 2.90. The summed E-state index contributed by atoms with van der Waals surface area (Å²) in [5.74, 6) is 0.534. The van der Waals surface area contributed by atoms with E-state index < -0.39 is 0 Å². The molecule has 0 unspecified atom stereocenters. The molecule has 0 bridgehead atoms. The molecule has 3 aromatic rings. The molecule has 3 rings (SSSR count). The van der Waals surface area contributed by atoms with Gasteiger partial charge in [0.2, 0.25) is 5.95 Å². The maximum absolute atomic E-state index is 5.93. The second-order valence-electron chi connectivity index (χ2n) is 4.12. The predicted octanol–water partition coefficient (Wildman–Crippen LogP) is 2.02. The lowest BCUT2D eigenvalue weighted by Gasteiger charge is -2.04. The first kappa shape index (κ1) is 11.2. The molecule has 0 aliphatic heterocycles. The number of pyridine rings is 1. The molecule has 6 heteroatoms. The monoisotopic (exact) mass is 259 g/mol. The first-order valence-electron chi connectivity index (χ1n) is 5.71. The summed E-state index contributed by atoms with van der Waals surface area (Å²) in [5, 5.41) is 3.19. The summed E-state index contributed by atoms with van der Waals surface area (Å²) < 4.78 is 2.01. The highest BCUT2D eigenvalue weighted by atomic mass is 32.1. The normalized spacial score (nSPS) is 11.2. The minimum absolute atomic E-state index is 0.534. The third-order valence-corrected chi connectivity index (χ3v) is 3.82. The summed E-state index contributed by atoms with van der Waals surface area (Å²) in [7, 11) is 0. The van der Waals surface area contributed by atoms with Gasteiger partial charge in [-0.2, -0.15) is 0 Å². The van der Waals surface area contributed by atoms with Crippen molar-refractivity contribution in [3.63, 3.8) is 0 Å². The van der Waals surface area contributed by atoms with E-state index >= 15 is 0 Å². The molecule has 2 N–H and O–H groups in total. The molecule has 0 aliphatic rings. The third-order valence-electron chi connectivity index (χ3n) is 2.80. The number of imidazole rings is 1. The number of nitrogens with zero attached hydrogens (tertiary/aromatic N) is 4. The lowest BCUT2D eigenvalue weighted by molar-refractivity contribution is 0.721. The summed E-state index contributed by atoms with van der Waals surface area (Å²) in [6, 6.07) is 1.94. The average molecular weight is 259 g/mol. The predicted molar refractivity (Wildman–Crippen MR) is 72.5 cm³/mol. The van der Waals surface area contributed by atoms with Crippen molar-refractivity contribution in [3.8, 4) is 0 Å². The number of hydrogen-bond donors (Lipinski definition) is 1. The van der Waals surface area contributed by atoms with E-state index in [-0.39, 0.29) is 0 Å². The smallest absolute Gasteiger partial charge is 0.201 e. The lowest BCUT2D eigenvalue weighted by atomic mass is 10.4. The Morgan fingerprint density at radius 2 is 2.28 bits per heavy atom. The van der Waals surface area contributed by atoms with Crippen LogP contribution in [0.5, 0.6) is 0 Å². The fraction of sp³-hybridized carbons (Fsp3) is 0.250. The van der Waals surface area contributed by atoms with Crippen molar-refractivity contribution in [3.05, 3.63) is 34.5 Å². The van der Waals surface area contributed by atoms with Gasteiger partial charge in [0.05, 0.1) is 16.7 Å². The highest BCUT2D eigenvalue weighted by Gasteiger charge is 2.08. The SMILES string of the molecule is Cc1csc(CCn2c(N)nc3cnccc32)n1. The van der Waals surface area contributed by atoms with Gasteiger partial charge in [-0.05, 0) is 13.0 Å². The fourth-order valence-electron chi connectivity index (χ4n) is 1.96. The van der Waals surface area contributed by atoms with Crippen molar-refractivity contribution in [2.75, 3.05) is 5.73 Å². The topological polar surface area (TPSA) is 69.6 Å². The van der Waals surface area contributed by atoms with Crippen molar-refractivity contribution in [1.29, 1.82) is 0 Å². The van der Waals surface area contributed by atoms with E-state index in [1.165, 1.54) is 0 Å². The molecule has 18 heavy (non-hydrogen) atoms. The highest BCUT2D eigenvalue weighted by Crippen LogP contribution is 2.18. The first-order valence-corrected chi connectivity index (χ1v) is 6.59. The van der Waals surface area contributed by atoms with Crippen LogP contribution in [0.2, 0.25) is 0 Å². The minimum Gasteiger partial charge on any atom is -0.369 e. The molecule has 3 aromatic heterocycles. The van der Waals surface area contributed by atoms with Crippen molar-refractivity contribution in [2.45, 2.75) is 19.9 Å². The minimum atomic E-state index is 0.534. The Labute approximate surface area is 108 Å². The summed E-state index contributed by atoms with van der Waals surface area (Å²) in [5.41, 5.74) is 8.86. The largest absolute Gasteiger partial charge is 0.369 e. The Kier molecular flexibility index (Phi) is 2.71. The van der Waals surface area contributed by atoms with Crippen molar-refractivity contribution in [2.24, 2.45) is 0 Å². The van der Waals surface area contributed by atoms with Gasteiger partial charge >= 0.3 is 0 Å². The summed E-state index contributed by atoms with van der Waals surface area (Å²) in [6.45, 7) is 2.80. The third kappa shape index (κ3) is 1.95. The van der Waals surface area contributed by atoms with Crippen LogP contribution >= 0.6 is 11.3 Å². The van der Waals surface area contributed by atoms with Crippen LogP contribution in [0.25, 0.3) is 11.0 Å². The van der Waals surface area contributed by atoms with Crippen LogP contribution in [0.1, 0.15) is 10.7 Å². The molecular weight excluding hydrogens is 246 g/mol. The van der Waals surface area contributed by atoms with E-state index in [4.69, 9.17) is 5.73 Å². The molecule has 0 amide bonds. The van der Waals surface area contributed by atoms with Gasteiger partial charge < -0.3 is 10.3 Å². The van der Waals surface area contributed by atoms with Gasteiger partial charge in [0.1, 0.15) is 5.52 Å². The molecule has 0 saturated carbocycles. The number of nitrogens with two attached hydrogens (primary N) is 1. The number of rotatable bonds is 3. The Morgan fingerprint density at radius 1 is 1.39 bits per heavy atom. The van der Waals surface area contributed by atoms with Gasteiger partial charge in [-0.1, -0.05) is 0 Å². The number of anilines is 1. The number of aromatic nitrogens is 4. The van der Waals surface area contributed by atoms with Gasteiger partial charge in [-0.15, -0.1) is 11.3 Å². The second kappa shape index (κ2) is 4.38. The van der Waals surface area contributed by atoms with Gasteiger partial charge in [0, 0.05) is 30.2 Å². The van der Waals surface area contributed by atoms with Crippen LogP contribution in [0.4, 0.5) is 5.95 Å². The van der Waals surface area contributed by atoms with Crippen molar-refractivity contribution >= 4 is 28.3 Å². The maximum Gasteiger partial charge on any atom is 0.201 e. The van der Waals surface area contributed by atoms with Gasteiger partial charge in [0.15, 0.2) is 0 Å². The van der Waals surface area contributed by atoms with Crippen molar-refractivity contribution < 1.29 is 0 Å². The number of aryl methyl sites for hydroxylation is 3. The van der Waals surface area contributed by atoms with E-state index in [0.29, 0.717) is 5.95 Å². The first-order chi connectivity index (χ1) is 8.74. The zero-order chi connectivity index (χ0) is 12.5. The van der Waals surface area contributed by atoms with Gasteiger partial charge in [-0.3, -0.25) is 4.98 Å². The fourth-order valence-corrected chi connectivity index (χ4v) is 2.73. The summed E-state index contributed by atoms with van der Waals surface area (Å²) >= 11 is 1.68. The Bertz CT molecular complexity index is 685. The van der Waals surface area contributed by atoms with E-state index in [0.717, 1.165) is 34.7 Å². The van der Waals surface area contributed by atoms with Crippen LogP contribution in [0.15, 0.2) is 23.8 Å². The number of hydrogen-bond acceptors (Lipinski definition) is 5. The molecule has 0 atom stereocenters. The Morgan fingerprint density at radius 3 is 3.06 bits per heavy atom. The van der Waals surface area contributed by atoms with E-state index in [9.17, 15) is 0 Å². The number of thiazole rings is 1. The van der Waals surface area contributed by atoms with Gasteiger partial charge in [0.25, 0.3) is 0 Å². The van der Waals surface area contributed by atoms with Crippen LogP contribution in [-0.2, 0) is 13.0 Å². The zero-order valence-corrected chi connectivity index (χ0v) is 10.8. The molecule has 0 aromatic carbocycles. The molecule has 3 heterocycles. The molecule has 0 radical (unpaired) electrons. The number of fused-ring (bicyclic) bond motifs is 1. The quantitative estimate of drug-likeness (QED) is 0.781. The van der Waals surface area contributed by atoms with E-state index in [2.05, 4.69) is 20.3 Å². The lowest BCUT2D eigenvalue weighted by Crippen LogP contribution is -2.05. The van der Waals surface area contributed by atoms with Crippen molar-refractivity contribution in [1.82, 2.24) is 19.5 Å². The summed E-state index contributed by atoms with van der Waals surface area (Å²) in [6.07, 6.45) is 4.36. The Balaban J connectivity index is 1.88.